The highest BCUT2D eigenvalue weighted by Crippen LogP contribution is 2.11. The number of likely N-dealkylation sites (N-methyl/N-ethyl adjacent to an activating group) is 2. The van der Waals surface area contributed by atoms with E-state index in [0.717, 1.165) is 57.5 Å². The molecule has 0 atom stereocenters. The van der Waals surface area contributed by atoms with Crippen molar-refractivity contribution in [3.05, 3.63) is 5.89 Å². The lowest BCUT2D eigenvalue weighted by Gasteiger charge is -2.31. The molecular weight excluding hydrogens is 218 g/mol. The fourth-order valence-corrected chi connectivity index (χ4v) is 1.85. The van der Waals surface area contributed by atoms with Crippen molar-refractivity contribution in [2.24, 2.45) is 0 Å². The van der Waals surface area contributed by atoms with E-state index in [1.54, 1.807) is 0 Å². The Hall–Kier alpha value is -1.14. The maximum Gasteiger partial charge on any atom is 0.266 e. The van der Waals surface area contributed by atoms with Gasteiger partial charge in [-0.1, -0.05) is 6.92 Å². The number of piperazine rings is 1. The summed E-state index contributed by atoms with van der Waals surface area (Å²) < 4.78 is 5.23. The minimum atomic E-state index is 0.722. The van der Waals surface area contributed by atoms with Gasteiger partial charge in [0.2, 0.25) is 5.89 Å². The summed E-state index contributed by atoms with van der Waals surface area (Å²) in [6, 6.07) is 0. The highest BCUT2D eigenvalue weighted by atomic mass is 16.5. The summed E-state index contributed by atoms with van der Waals surface area (Å²) in [7, 11) is 2.13. The molecule has 1 aliphatic rings. The smallest absolute Gasteiger partial charge is 0.266 e. The van der Waals surface area contributed by atoms with Crippen molar-refractivity contribution in [3.63, 3.8) is 0 Å². The minimum absolute atomic E-state index is 0.722. The molecule has 0 spiro atoms. The summed E-state index contributed by atoms with van der Waals surface area (Å²) in [4.78, 5) is 8.91. The molecule has 96 valence electrons. The van der Waals surface area contributed by atoms with Gasteiger partial charge in [-0.3, -0.25) is 0 Å². The first-order valence-electron chi connectivity index (χ1n) is 6.26. The average molecular weight is 239 g/mol. The number of hydrogen-bond acceptors (Lipinski definition) is 6. The lowest BCUT2D eigenvalue weighted by atomic mass is 10.3. The fraction of sp³-hybridized carbons (Fsp3) is 0.818. The molecular formula is C11H21N5O. The Kier molecular flexibility index (Phi) is 4.33. The molecule has 6 nitrogen and oxygen atoms in total. The molecule has 1 fully saturated rings. The van der Waals surface area contributed by atoms with E-state index in [9.17, 15) is 0 Å². The number of aromatic nitrogens is 2. The largest absolute Gasteiger partial charge is 0.337 e. The van der Waals surface area contributed by atoms with Crippen LogP contribution in [-0.2, 0) is 6.42 Å². The predicted molar refractivity (Wildman–Crippen MR) is 66.3 cm³/mol. The van der Waals surface area contributed by atoms with Crippen molar-refractivity contribution in [1.82, 2.24) is 20.4 Å². The van der Waals surface area contributed by atoms with Crippen LogP contribution in [0.5, 0.6) is 0 Å². The third kappa shape index (κ3) is 3.41. The van der Waals surface area contributed by atoms with Crippen LogP contribution in [0.3, 0.4) is 0 Å². The molecule has 0 saturated carbocycles. The van der Waals surface area contributed by atoms with Crippen molar-refractivity contribution >= 4 is 5.95 Å². The van der Waals surface area contributed by atoms with Crippen LogP contribution in [0.1, 0.15) is 12.8 Å². The normalized spacial score (nSPS) is 17.6. The molecule has 1 aliphatic heterocycles. The van der Waals surface area contributed by atoms with Gasteiger partial charge in [0.1, 0.15) is 0 Å². The first-order chi connectivity index (χ1) is 8.29. The maximum absolute atomic E-state index is 5.23. The third-order valence-corrected chi connectivity index (χ3v) is 3.01. The topological polar surface area (TPSA) is 57.4 Å². The molecule has 2 rings (SSSR count). The number of nitrogens with one attached hydrogen (secondary N) is 1. The Balaban J connectivity index is 1.85. The van der Waals surface area contributed by atoms with Crippen LogP contribution >= 0.6 is 0 Å². The Labute approximate surface area is 102 Å². The zero-order chi connectivity index (χ0) is 12.1. The van der Waals surface area contributed by atoms with E-state index in [1.165, 1.54) is 0 Å². The summed E-state index contributed by atoms with van der Waals surface area (Å²) in [5.74, 6) is 1.46. The standard InChI is InChI=1S/C11H21N5O/c1-3-12-5-4-10-13-11(14-17-10)16-8-6-15(2)7-9-16/h12H,3-9H2,1-2H3. The lowest BCUT2D eigenvalue weighted by Crippen LogP contribution is -2.44. The van der Waals surface area contributed by atoms with Crippen LogP contribution in [0.15, 0.2) is 4.52 Å². The van der Waals surface area contributed by atoms with E-state index in [1.807, 2.05) is 0 Å². The van der Waals surface area contributed by atoms with Crippen LogP contribution in [0.25, 0.3) is 0 Å². The number of rotatable bonds is 5. The monoisotopic (exact) mass is 239 g/mol. The van der Waals surface area contributed by atoms with E-state index >= 15 is 0 Å². The van der Waals surface area contributed by atoms with E-state index in [4.69, 9.17) is 4.52 Å². The fourth-order valence-electron chi connectivity index (χ4n) is 1.85. The van der Waals surface area contributed by atoms with Gasteiger partial charge in [-0.2, -0.15) is 4.98 Å². The minimum Gasteiger partial charge on any atom is -0.337 e. The summed E-state index contributed by atoms with van der Waals surface area (Å²) >= 11 is 0. The van der Waals surface area contributed by atoms with E-state index in [2.05, 4.69) is 39.2 Å². The first-order valence-corrected chi connectivity index (χ1v) is 6.26. The average Bonchev–Trinajstić information content (AvgIpc) is 2.79. The molecule has 1 N–H and O–H groups in total. The van der Waals surface area contributed by atoms with Crippen molar-refractivity contribution in [3.8, 4) is 0 Å². The number of anilines is 1. The molecule has 0 unspecified atom stereocenters. The van der Waals surface area contributed by atoms with Gasteiger partial charge in [-0.15, -0.1) is 0 Å². The summed E-state index contributed by atoms with van der Waals surface area (Å²) in [6.45, 7) is 8.01. The van der Waals surface area contributed by atoms with Crippen LogP contribution < -0.4 is 10.2 Å². The van der Waals surface area contributed by atoms with Gasteiger partial charge in [0.05, 0.1) is 0 Å². The molecule has 1 aromatic rings. The molecule has 1 aromatic heterocycles. The molecule has 0 radical (unpaired) electrons. The zero-order valence-electron chi connectivity index (χ0n) is 10.6. The summed E-state index contributed by atoms with van der Waals surface area (Å²) in [5, 5.41) is 7.28. The molecule has 0 aliphatic carbocycles. The molecule has 17 heavy (non-hydrogen) atoms. The second kappa shape index (κ2) is 5.97. The molecule has 0 bridgehead atoms. The van der Waals surface area contributed by atoms with Crippen molar-refractivity contribution in [2.45, 2.75) is 13.3 Å². The second-order valence-corrected chi connectivity index (χ2v) is 4.38. The summed E-state index contributed by atoms with van der Waals surface area (Å²) in [5.41, 5.74) is 0. The van der Waals surface area contributed by atoms with Crippen LogP contribution in [0.4, 0.5) is 5.95 Å². The molecule has 6 heteroatoms. The van der Waals surface area contributed by atoms with Gasteiger partial charge < -0.3 is 19.6 Å². The molecule has 0 aromatic carbocycles. The lowest BCUT2D eigenvalue weighted by molar-refractivity contribution is 0.308. The number of hydrogen-bond donors (Lipinski definition) is 1. The highest BCUT2D eigenvalue weighted by Gasteiger charge is 2.18. The first kappa shape index (κ1) is 12.3. The van der Waals surface area contributed by atoms with Crippen molar-refractivity contribution < 1.29 is 4.52 Å². The SMILES string of the molecule is CCNCCc1nc(N2CCN(C)CC2)no1. The Morgan fingerprint density at radius 2 is 2.06 bits per heavy atom. The van der Waals surface area contributed by atoms with Gasteiger partial charge in [-0.05, 0) is 18.7 Å². The van der Waals surface area contributed by atoms with Crippen LogP contribution in [0, 0.1) is 0 Å². The van der Waals surface area contributed by atoms with Crippen LogP contribution in [0.2, 0.25) is 0 Å². The van der Waals surface area contributed by atoms with Gasteiger partial charge in [0, 0.05) is 39.1 Å². The van der Waals surface area contributed by atoms with Gasteiger partial charge >= 0.3 is 0 Å². The van der Waals surface area contributed by atoms with Crippen LogP contribution in [-0.4, -0.2) is 61.4 Å². The molecule has 2 heterocycles. The Bertz CT molecular complexity index is 332. The van der Waals surface area contributed by atoms with E-state index < -0.39 is 0 Å². The van der Waals surface area contributed by atoms with Gasteiger partial charge in [0.15, 0.2) is 0 Å². The van der Waals surface area contributed by atoms with Crippen molar-refractivity contribution in [2.75, 3.05) is 51.2 Å². The number of nitrogens with zero attached hydrogens (tertiary/aromatic N) is 4. The third-order valence-electron chi connectivity index (χ3n) is 3.01. The van der Waals surface area contributed by atoms with E-state index in [-0.39, 0.29) is 0 Å². The van der Waals surface area contributed by atoms with Gasteiger partial charge in [-0.25, -0.2) is 0 Å². The summed E-state index contributed by atoms with van der Waals surface area (Å²) in [6.07, 6.45) is 0.800. The molecule has 1 saturated heterocycles. The Morgan fingerprint density at radius 3 is 2.76 bits per heavy atom. The maximum atomic E-state index is 5.23. The highest BCUT2D eigenvalue weighted by molar-refractivity contribution is 5.28. The van der Waals surface area contributed by atoms with E-state index in [0.29, 0.717) is 0 Å². The second-order valence-electron chi connectivity index (χ2n) is 4.38. The predicted octanol–water partition coefficient (Wildman–Crippen LogP) is -0.0266. The Morgan fingerprint density at radius 1 is 1.29 bits per heavy atom. The van der Waals surface area contributed by atoms with Gasteiger partial charge in [0.25, 0.3) is 5.95 Å². The quantitative estimate of drug-likeness (QED) is 0.728. The molecule has 0 amide bonds. The zero-order valence-corrected chi connectivity index (χ0v) is 10.6. The van der Waals surface area contributed by atoms with Crippen molar-refractivity contribution in [1.29, 1.82) is 0 Å².